The molecule has 2 N–H and O–H groups in total. The zero-order valence-electron chi connectivity index (χ0n) is 13.9. The Bertz CT molecular complexity index is 467. The second-order valence-corrected chi connectivity index (χ2v) is 6.00. The predicted octanol–water partition coefficient (Wildman–Crippen LogP) is 1.46. The molecule has 1 heterocycles. The van der Waals surface area contributed by atoms with Crippen LogP contribution in [0, 0.1) is 0 Å². The Morgan fingerprint density at radius 2 is 1.86 bits per heavy atom. The maximum Gasteiger partial charge on any atom is 0.191 e. The van der Waals surface area contributed by atoms with Crippen LogP contribution in [0.15, 0.2) is 35.3 Å². The zero-order chi connectivity index (χ0) is 15.8. The van der Waals surface area contributed by atoms with Gasteiger partial charge in [-0.1, -0.05) is 30.3 Å². The molecule has 1 aliphatic heterocycles. The van der Waals surface area contributed by atoms with Gasteiger partial charge in [-0.2, -0.15) is 0 Å². The average molecular weight is 304 g/mol. The maximum absolute atomic E-state index is 5.51. The van der Waals surface area contributed by atoms with Crippen molar-refractivity contribution in [3.63, 3.8) is 0 Å². The number of nitrogens with zero attached hydrogens (tertiary/aromatic N) is 2. The fourth-order valence-corrected chi connectivity index (χ4v) is 2.78. The van der Waals surface area contributed by atoms with Crippen molar-refractivity contribution >= 4 is 5.96 Å². The molecule has 1 aromatic carbocycles. The molecule has 0 spiro atoms. The molecule has 0 aromatic heterocycles. The molecule has 122 valence electrons. The van der Waals surface area contributed by atoms with Crippen molar-refractivity contribution in [2.45, 2.75) is 24.9 Å². The van der Waals surface area contributed by atoms with Crippen LogP contribution in [0.25, 0.3) is 0 Å². The monoisotopic (exact) mass is 304 g/mol. The highest BCUT2D eigenvalue weighted by Gasteiger charge is 2.34. The summed E-state index contributed by atoms with van der Waals surface area (Å²) in [5, 5.41) is 6.84. The SMILES string of the molecule is CN=C(NCc1ccccc1)NCC1(N(C)C)CCOCC1. The highest BCUT2D eigenvalue weighted by atomic mass is 16.5. The Hall–Kier alpha value is -1.59. The van der Waals surface area contributed by atoms with E-state index in [2.05, 4.69) is 58.9 Å². The first-order chi connectivity index (χ1) is 10.7. The van der Waals surface area contributed by atoms with E-state index < -0.39 is 0 Å². The first-order valence-electron chi connectivity index (χ1n) is 7.90. The molecule has 2 rings (SSSR count). The van der Waals surface area contributed by atoms with Crippen LogP contribution in [-0.2, 0) is 11.3 Å². The molecule has 0 saturated carbocycles. The molecular weight excluding hydrogens is 276 g/mol. The number of hydrogen-bond donors (Lipinski definition) is 2. The van der Waals surface area contributed by atoms with Crippen molar-refractivity contribution < 1.29 is 4.74 Å². The van der Waals surface area contributed by atoms with Gasteiger partial charge in [-0.3, -0.25) is 4.99 Å². The van der Waals surface area contributed by atoms with E-state index in [0.717, 1.165) is 45.1 Å². The number of benzene rings is 1. The fourth-order valence-electron chi connectivity index (χ4n) is 2.78. The van der Waals surface area contributed by atoms with Crippen LogP contribution < -0.4 is 10.6 Å². The van der Waals surface area contributed by atoms with Crippen LogP contribution in [0.4, 0.5) is 0 Å². The first kappa shape index (κ1) is 16.8. The Balaban J connectivity index is 1.87. The third kappa shape index (κ3) is 4.45. The van der Waals surface area contributed by atoms with E-state index in [1.807, 2.05) is 13.1 Å². The van der Waals surface area contributed by atoms with Gasteiger partial charge >= 0.3 is 0 Å². The van der Waals surface area contributed by atoms with E-state index in [-0.39, 0.29) is 5.54 Å². The van der Waals surface area contributed by atoms with Crippen molar-refractivity contribution in [2.75, 3.05) is 40.9 Å². The molecule has 1 fully saturated rings. The minimum atomic E-state index is 0.141. The lowest BCUT2D eigenvalue weighted by molar-refractivity contribution is -0.00501. The van der Waals surface area contributed by atoms with Gasteiger partial charge < -0.3 is 20.3 Å². The molecule has 5 heteroatoms. The molecule has 0 aliphatic carbocycles. The second kappa shape index (κ2) is 8.15. The predicted molar refractivity (Wildman–Crippen MR) is 91.1 cm³/mol. The summed E-state index contributed by atoms with van der Waals surface area (Å²) in [4.78, 5) is 6.64. The van der Waals surface area contributed by atoms with Gasteiger partial charge in [0.15, 0.2) is 5.96 Å². The molecule has 1 aromatic rings. The summed E-state index contributed by atoms with van der Waals surface area (Å²) >= 11 is 0. The number of rotatable bonds is 5. The molecule has 0 unspecified atom stereocenters. The largest absolute Gasteiger partial charge is 0.381 e. The lowest BCUT2D eigenvalue weighted by Crippen LogP contribution is -2.57. The van der Waals surface area contributed by atoms with Gasteiger partial charge in [0.05, 0.1) is 0 Å². The van der Waals surface area contributed by atoms with Crippen molar-refractivity contribution in [1.29, 1.82) is 0 Å². The van der Waals surface area contributed by atoms with Crippen LogP contribution in [0.3, 0.4) is 0 Å². The van der Waals surface area contributed by atoms with Crippen LogP contribution >= 0.6 is 0 Å². The van der Waals surface area contributed by atoms with E-state index in [1.54, 1.807) is 0 Å². The summed E-state index contributed by atoms with van der Waals surface area (Å²) in [7, 11) is 6.10. The van der Waals surface area contributed by atoms with E-state index in [9.17, 15) is 0 Å². The fraction of sp³-hybridized carbons (Fsp3) is 0.588. The molecule has 0 amide bonds. The van der Waals surface area contributed by atoms with Crippen molar-refractivity contribution in [3.8, 4) is 0 Å². The average Bonchev–Trinajstić information content (AvgIpc) is 2.56. The minimum Gasteiger partial charge on any atom is -0.381 e. The van der Waals surface area contributed by atoms with Gasteiger partial charge in [0.1, 0.15) is 0 Å². The highest BCUT2D eigenvalue weighted by Crippen LogP contribution is 2.24. The number of hydrogen-bond acceptors (Lipinski definition) is 3. The second-order valence-electron chi connectivity index (χ2n) is 6.00. The Morgan fingerprint density at radius 3 is 2.45 bits per heavy atom. The van der Waals surface area contributed by atoms with Crippen LogP contribution in [0.5, 0.6) is 0 Å². The number of likely N-dealkylation sites (N-methyl/N-ethyl adjacent to an activating group) is 1. The molecule has 22 heavy (non-hydrogen) atoms. The summed E-state index contributed by atoms with van der Waals surface area (Å²) in [5.74, 6) is 0.844. The first-order valence-corrected chi connectivity index (χ1v) is 7.90. The zero-order valence-corrected chi connectivity index (χ0v) is 13.9. The van der Waals surface area contributed by atoms with E-state index in [0.29, 0.717) is 0 Å². The summed E-state index contributed by atoms with van der Waals surface area (Å²) < 4.78 is 5.51. The van der Waals surface area contributed by atoms with Crippen molar-refractivity contribution in [1.82, 2.24) is 15.5 Å². The highest BCUT2D eigenvalue weighted by molar-refractivity contribution is 5.79. The molecule has 1 aliphatic rings. The third-order valence-corrected chi connectivity index (χ3v) is 4.48. The van der Waals surface area contributed by atoms with E-state index in [1.165, 1.54) is 5.56 Å². The van der Waals surface area contributed by atoms with Crippen LogP contribution in [-0.4, -0.2) is 57.3 Å². The van der Waals surface area contributed by atoms with E-state index in [4.69, 9.17) is 4.74 Å². The van der Waals surface area contributed by atoms with Crippen LogP contribution in [0.2, 0.25) is 0 Å². The summed E-state index contributed by atoms with van der Waals surface area (Å²) in [6.07, 6.45) is 2.09. The normalized spacial score (nSPS) is 18.3. The molecule has 0 bridgehead atoms. The standard InChI is InChI=1S/C17H28N4O/c1-18-16(19-13-15-7-5-4-6-8-15)20-14-17(21(2)3)9-11-22-12-10-17/h4-8H,9-14H2,1-3H3,(H2,18,19,20). The van der Waals surface area contributed by atoms with Gasteiger partial charge in [-0.15, -0.1) is 0 Å². The molecule has 1 saturated heterocycles. The van der Waals surface area contributed by atoms with Crippen molar-refractivity contribution in [2.24, 2.45) is 4.99 Å². The topological polar surface area (TPSA) is 48.9 Å². The maximum atomic E-state index is 5.51. The summed E-state index contributed by atoms with van der Waals surface area (Å²) in [6.45, 7) is 3.31. The number of aliphatic imine (C=N–C) groups is 1. The third-order valence-electron chi connectivity index (χ3n) is 4.48. The quantitative estimate of drug-likeness (QED) is 0.639. The van der Waals surface area contributed by atoms with E-state index >= 15 is 0 Å². The molecular formula is C17H28N4O. The Kier molecular flexibility index (Phi) is 6.21. The molecule has 0 radical (unpaired) electrons. The van der Waals surface area contributed by atoms with Gasteiger partial charge in [-0.25, -0.2) is 0 Å². The lowest BCUT2D eigenvalue weighted by Gasteiger charge is -2.43. The Labute approximate surface area is 133 Å². The lowest BCUT2D eigenvalue weighted by atomic mass is 9.88. The number of nitrogens with one attached hydrogen (secondary N) is 2. The number of guanidine groups is 1. The summed E-state index contributed by atoms with van der Waals surface area (Å²) in [6, 6.07) is 10.4. The molecule has 5 nitrogen and oxygen atoms in total. The van der Waals surface area contributed by atoms with Crippen LogP contribution in [0.1, 0.15) is 18.4 Å². The molecule has 0 atom stereocenters. The van der Waals surface area contributed by atoms with Gasteiger partial charge in [0.2, 0.25) is 0 Å². The van der Waals surface area contributed by atoms with Crippen molar-refractivity contribution in [3.05, 3.63) is 35.9 Å². The smallest absolute Gasteiger partial charge is 0.191 e. The summed E-state index contributed by atoms with van der Waals surface area (Å²) in [5.41, 5.74) is 1.39. The van der Waals surface area contributed by atoms with Gasteiger partial charge in [0.25, 0.3) is 0 Å². The minimum absolute atomic E-state index is 0.141. The number of ether oxygens (including phenoxy) is 1. The van der Waals surface area contributed by atoms with Gasteiger partial charge in [0, 0.05) is 38.9 Å². The van der Waals surface area contributed by atoms with Gasteiger partial charge in [-0.05, 0) is 32.5 Å². The Morgan fingerprint density at radius 1 is 1.18 bits per heavy atom.